The molecule has 168 valence electrons. The minimum atomic E-state index is -4.78. The van der Waals surface area contributed by atoms with Gasteiger partial charge < -0.3 is 14.6 Å². The summed E-state index contributed by atoms with van der Waals surface area (Å²) in [4.78, 5) is 39.8. The van der Waals surface area contributed by atoms with E-state index in [9.17, 15) is 27.6 Å². The maximum Gasteiger partial charge on any atom is 0.449 e. The van der Waals surface area contributed by atoms with Crippen molar-refractivity contribution in [2.75, 3.05) is 0 Å². The molecule has 1 unspecified atom stereocenters. The minimum absolute atomic E-state index is 0.0188. The van der Waals surface area contributed by atoms with E-state index in [4.69, 9.17) is 4.74 Å². The molecule has 1 heterocycles. The summed E-state index contributed by atoms with van der Waals surface area (Å²) in [5, 5.41) is 4.78. The van der Waals surface area contributed by atoms with Crippen LogP contribution in [-0.2, 0) is 27.0 Å². The van der Waals surface area contributed by atoms with Gasteiger partial charge in [-0.15, -0.1) is 0 Å². The molecule has 0 bridgehead atoms. The lowest BCUT2D eigenvalue weighted by Gasteiger charge is -2.23. The van der Waals surface area contributed by atoms with E-state index in [2.05, 4.69) is 15.6 Å². The number of fused-ring (bicyclic) bond motifs is 1. The van der Waals surface area contributed by atoms with E-state index in [0.29, 0.717) is 4.57 Å². The van der Waals surface area contributed by atoms with Crippen LogP contribution in [0.15, 0.2) is 24.3 Å². The number of alkyl halides is 3. The van der Waals surface area contributed by atoms with Crippen LogP contribution in [0.25, 0.3) is 11.0 Å². The summed E-state index contributed by atoms with van der Waals surface area (Å²) in [6.07, 6.45) is -1.40. The zero-order valence-electron chi connectivity index (χ0n) is 16.9. The van der Waals surface area contributed by atoms with Gasteiger partial charge in [0.15, 0.2) is 6.10 Å². The fraction of sp³-hybridized carbons (Fsp3) is 0.500. The summed E-state index contributed by atoms with van der Waals surface area (Å²) in [5.41, 5.74) is 0.184. The number of hydrogen-bond acceptors (Lipinski definition) is 5. The van der Waals surface area contributed by atoms with Crippen molar-refractivity contribution in [1.29, 1.82) is 0 Å². The number of carbonyl (C=O) groups excluding carboxylic acids is 3. The van der Waals surface area contributed by atoms with Gasteiger partial charge in [-0.1, -0.05) is 31.4 Å². The molecule has 1 aromatic heterocycles. The fourth-order valence-electron chi connectivity index (χ4n) is 3.55. The highest BCUT2D eigenvalue weighted by atomic mass is 19.4. The number of aromatic nitrogens is 2. The van der Waals surface area contributed by atoms with Crippen molar-refractivity contribution in [2.45, 2.75) is 63.9 Å². The van der Waals surface area contributed by atoms with Crippen LogP contribution in [-0.4, -0.2) is 39.6 Å². The molecule has 1 aliphatic carbocycles. The highest BCUT2D eigenvalue weighted by molar-refractivity contribution is 5.97. The summed E-state index contributed by atoms with van der Waals surface area (Å²) < 4.78 is 45.6. The topological polar surface area (TPSA) is 102 Å². The summed E-state index contributed by atoms with van der Waals surface area (Å²) in [6, 6.07) is 5.13. The molecule has 0 aliphatic heterocycles. The number of urea groups is 1. The number of imidazole rings is 1. The smallest absolute Gasteiger partial charge is 0.449 e. The van der Waals surface area contributed by atoms with Gasteiger partial charge in [-0.25, -0.2) is 9.78 Å². The number of hydrogen-bond donors (Lipinski definition) is 2. The van der Waals surface area contributed by atoms with Crippen LogP contribution in [0.2, 0.25) is 0 Å². The van der Waals surface area contributed by atoms with E-state index in [1.165, 1.54) is 31.2 Å². The molecule has 1 aliphatic rings. The Hall–Kier alpha value is -3.11. The Kier molecular flexibility index (Phi) is 6.81. The lowest BCUT2D eigenvalue weighted by molar-refractivity contribution is -0.157. The van der Waals surface area contributed by atoms with Gasteiger partial charge in [-0.3, -0.25) is 14.9 Å². The number of imide groups is 1. The van der Waals surface area contributed by atoms with E-state index in [0.717, 1.165) is 32.1 Å². The maximum atomic E-state index is 13.3. The van der Waals surface area contributed by atoms with E-state index < -0.39 is 42.6 Å². The van der Waals surface area contributed by atoms with Crippen molar-refractivity contribution in [3.8, 4) is 0 Å². The first-order valence-electron chi connectivity index (χ1n) is 9.98. The Morgan fingerprint density at radius 1 is 1.19 bits per heavy atom. The predicted molar refractivity (Wildman–Crippen MR) is 104 cm³/mol. The molecule has 3 rings (SSSR count). The number of carbonyl (C=O) groups is 3. The van der Waals surface area contributed by atoms with Crippen LogP contribution < -0.4 is 10.6 Å². The second kappa shape index (κ2) is 9.36. The molecule has 1 saturated carbocycles. The van der Waals surface area contributed by atoms with E-state index >= 15 is 0 Å². The number of para-hydroxylation sites is 2. The molecule has 0 saturated heterocycles. The number of esters is 1. The molecular formula is C20H23F3N4O4. The van der Waals surface area contributed by atoms with Gasteiger partial charge in [0, 0.05) is 6.04 Å². The van der Waals surface area contributed by atoms with Crippen LogP contribution in [0, 0.1) is 0 Å². The Bertz CT molecular complexity index is 967. The van der Waals surface area contributed by atoms with Crippen LogP contribution in [0.4, 0.5) is 18.0 Å². The lowest BCUT2D eigenvalue weighted by atomic mass is 9.96. The van der Waals surface area contributed by atoms with Crippen LogP contribution in [0.3, 0.4) is 0 Å². The van der Waals surface area contributed by atoms with Crippen LogP contribution in [0.1, 0.15) is 44.9 Å². The Morgan fingerprint density at radius 2 is 1.87 bits per heavy atom. The second-order valence-corrected chi connectivity index (χ2v) is 7.44. The normalized spacial score (nSPS) is 16.0. The largest absolute Gasteiger partial charge is 0.451 e. The van der Waals surface area contributed by atoms with Crippen molar-refractivity contribution in [3.05, 3.63) is 30.1 Å². The zero-order chi connectivity index (χ0) is 22.6. The lowest BCUT2D eigenvalue weighted by Crippen LogP contribution is -2.48. The Balaban J connectivity index is 1.60. The van der Waals surface area contributed by atoms with E-state index in [1.54, 1.807) is 0 Å². The number of nitrogens with zero attached hydrogens (tertiary/aromatic N) is 2. The number of ether oxygens (including phenoxy) is 1. The summed E-state index contributed by atoms with van der Waals surface area (Å²) >= 11 is 0. The molecule has 2 N–H and O–H groups in total. The van der Waals surface area contributed by atoms with Crippen molar-refractivity contribution in [2.24, 2.45) is 0 Å². The van der Waals surface area contributed by atoms with Crippen LogP contribution >= 0.6 is 0 Å². The molecular weight excluding hydrogens is 417 g/mol. The summed E-state index contributed by atoms with van der Waals surface area (Å²) in [5.74, 6) is -3.17. The van der Waals surface area contributed by atoms with Gasteiger partial charge in [-0.05, 0) is 31.9 Å². The number of nitrogens with one attached hydrogen (secondary N) is 2. The van der Waals surface area contributed by atoms with Gasteiger partial charge in [0.2, 0.25) is 5.82 Å². The average molecular weight is 440 g/mol. The minimum Gasteiger partial charge on any atom is -0.451 e. The SMILES string of the molecule is CC(OC(=O)Cn1c(C(F)(F)F)nc2ccccc21)C(=O)NC(=O)NC1CCCCC1. The van der Waals surface area contributed by atoms with Crippen LogP contribution in [0.5, 0.6) is 0 Å². The molecule has 11 heteroatoms. The quantitative estimate of drug-likeness (QED) is 0.696. The first-order valence-corrected chi connectivity index (χ1v) is 9.98. The summed E-state index contributed by atoms with van der Waals surface area (Å²) in [6.45, 7) is 0.444. The first-order chi connectivity index (χ1) is 14.6. The van der Waals surface area contributed by atoms with Gasteiger partial charge in [0.25, 0.3) is 5.91 Å². The Labute approximate surface area is 176 Å². The molecule has 1 fully saturated rings. The van der Waals surface area contributed by atoms with Gasteiger partial charge >= 0.3 is 18.2 Å². The average Bonchev–Trinajstić information content (AvgIpc) is 3.07. The number of amides is 3. The third-order valence-corrected chi connectivity index (χ3v) is 5.05. The molecule has 1 aromatic carbocycles. The second-order valence-electron chi connectivity index (χ2n) is 7.44. The predicted octanol–water partition coefficient (Wildman–Crippen LogP) is 3.15. The fourth-order valence-corrected chi connectivity index (χ4v) is 3.55. The van der Waals surface area contributed by atoms with E-state index in [1.807, 2.05) is 0 Å². The number of benzene rings is 1. The number of rotatable bonds is 5. The third kappa shape index (κ3) is 5.74. The van der Waals surface area contributed by atoms with Crippen molar-refractivity contribution >= 4 is 28.9 Å². The molecule has 8 nitrogen and oxygen atoms in total. The molecule has 2 aromatic rings. The van der Waals surface area contributed by atoms with E-state index in [-0.39, 0.29) is 17.1 Å². The summed E-state index contributed by atoms with van der Waals surface area (Å²) in [7, 11) is 0. The molecule has 3 amide bonds. The maximum absolute atomic E-state index is 13.3. The molecule has 0 spiro atoms. The number of halogens is 3. The first kappa shape index (κ1) is 22.6. The Morgan fingerprint density at radius 3 is 2.55 bits per heavy atom. The zero-order valence-corrected chi connectivity index (χ0v) is 16.9. The van der Waals surface area contributed by atoms with Gasteiger partial charge in [0.1, 0.15) is 6.54 Å². The standard InChI is InChI=1S/C20H23F3N4O4/c1-12(17(29)26-19(30)24-13-7-3-2-4-8-13)31-16(28)11-27-15-10-6-5-9-14(15)25-18(27)20(21,22)23/h5-6,9-10,12-13H,2-4,7-8,11H2,1H3,(H2,24,26,29,30). The van der Waals surface area contributed by atoms with Crippen molar-refractivity contribution < 1.29 is 32.3 Å². The highest BCUT2D eigenvalue weighted by Gasteiger charge is 2.38. The highest BCUT2D eigenvalue weighted by Crippen LogP contribution is 2.31. The molecule has 31 heavy (non-hydrogen) atoms. The van der Waals surface area contributed by atoms with Crippen molar-refractivity contribution in [3.63, 3.8) is 0 Å². The third-order valence-electron chi connectivity index (χ3n) is 5.05. The van der Waals surface area contributed by atoms with Gasteiger partial charge in [-0.2, -0.15) is 13.2 Å². The monoisotopic (exact) mass is 440 g/mol. The van der Waals surface area contributed by atoms with Gasteiger partial charge in [0.05, 0.1) is 11.0 Å². The molecule has 0 radical (unpaired) electrons. The van der Waals surface area contributed by atoms with Crippen molar-refractivity contribution in [1.82, 2.24) is 20.2 Å². The molecule has 1 atom stereocenters.